The predicted molar refractivity (Wildman–Crippen MR) is 116 cm³/mol. The Hall–Kier alpha value is -2.54. The lowest BCUT2D eigenvalue weighted by Crippen LogP contribution is -2.46. The van der Waals surface area contributed by atoms with Gasteiger partial charge in [-0.15, -0.1) is 0 Å². The third-order valence-corrected chi connectivity index (χ3v) is 8.11. The van der Waals surface area contributed by atoms with Gasteiger partial charge in [0.25, 0.3) is 10.0 Å². The molecule has 160 valence electrons. The Morgan fingerprint density at radius 2 is 1.83 bits per heavy atom. The summed E-state index contributed by atoms with van der Waals surface area (Å²) in [5, 5.41) is 3.09. The minimum Gasteiger partial charge on any atom is -0.495 e. The Bertz CT molecular complexity index is 1020. The number of hydrogen-bond acceptors (Lipinski definition) is 4. The summed E-state index contributed by atoms with van der Waals surface area (Å²) in [7, 11) is -2.46. The Labute approximate surface area is 178 Å². The number of benzene rings is 2. The highest BCUT2D eigenvalue weighted by Crippen LogP contribution is 2.44. The van der Waals surface area contributed by atoms with Crippen LogP contribution < -0.4 is 14.4 Å². The molecule has 0 spiro atoms. The van der Waals surface area contributed by atoms with E-state index in [4.69, 9.17) is 4.74 Å². The van der Waals surface area contributed by atoms with E-state index >= 15 is 0 Å². The average molecular weight is 429 g/mol. The van der Waals surface area contributed by atoms with Crippen molar-refractivity contribution in [1.82, 2.24) is 5.32 Å². The normalized spacial score (nSPS) is 22.7. The molecule has 3 atom stereocenters. The minimum atomic E-state index is -3.95. The summed E-state index contributed by atoms with van der Waals surface area (Å²) in [6.45, 7) is 1.61. The van der Waals surface area contributed by atoms with Crippen LogP contribution in [-0.4, -0.2) is 34.0 Å². The molecule has 0 unspecified atom stereocenters. The van der Waals surface area contributed by atoms with E-state index in [2.05, 4.69) is 5.32 Å². The van der Waals surface area contributed by atoms with Crippen molar-refractivity contribution < 1.29 is 17.9 Å². The Morgan fingerprint density at radius 3 is 2.47 bits per heavy atom. The first kappa shape index (κ1) is 20.7. The van der Waals surface area contributed by atoms with Crippen LogP contribution in [0.15, 0.2) is 53.4 Å². The number of methoxy groups -OCH3 is 1. The molecule has 0 aliphatic heterocycles. The van der Waals surface area contributed by atoms with E-state index in [1.807, 2.05) is 6.92 Å². The maximum Gasteiger partial charge on any atom is 0.264 e. The topological polar surface area (TPSA) is 75.7 Å². The molecular formula is C23H28N2O4S. The monoisotopic (exact) mass is 428 g/mol. The van der Waals surface area contributed by atoms with Gasteiger partial charge in [0, 0.05) is 6.04 Å². The van der Waals surface area contributed by atoms with Crippen molar-refractivity contribution in [3.63, 3.8) is 0 Å². The van der Waals surface area contributed by atoms with Crippen molar-refractivity contribution in [2.45, 2.75) is 43.5 Å². The largest absolute Gasteiger partial charge is 0.495 e. The van der Waals surface area contributed by atoms with E-state index in [0.717, 1.165) is 22.7 Å². The summed E-state index contributed by atoms with van der Waals surface area (Å²) in [5.74, 6) is 1.34. The number of fused-ring (bicyclic) bond motifs is 2. The van der Waals surface area contributed by atoms with E-state index in [9.17, 15) is 13.2 Å². The number of nitrogens with zero attached hydrogens (tertiary/aromatic N) is 1. The molecule has 0 heterocycles. The van der Waals surface area contributed by atoms with Gasteiger partial charge in [0.15, 0.2) is 0 Å². The first-order valence-corrected chi connectivity index (χ1v) is 11.8. The summed E-state index contributed by atoms with van der Waals surface area (Å²) >= 11 is 0. The lowest BCUT2D eigenvalue weighted by atomic mass is 9.95. The quantitative estimate of drug-likeness (QED) is 0.732. The van der Waals surface area contributed by atoms with Gasteiger partial charge in [-0.25, -0.2) is 8.42 Å². The summed E-state index contributed by atoms with van der Waals surface area (Å²) in [4.78, 5) is 13.1. The van der Waals surface area contributed by atoms with Crippen LogP contribution in [0, 0.1) is 18.8 Å². The molecule has 1 amide bonds. The molecular weight excluding hydrogens is 400 g/mol. The lowest BCUT2D eigenvalue weighted by Gasteiger charge is -2.28. The van der Waals surface area contributed by atoms with Crippen molar-refractivity contribution in [2.24, 2.45) is 11.8 Å². The Balaban J connectivity index is 1.63. The van der Waals surface area contributed by atoms with Gasteiger partial charge in [-0.1, -0.05) is 36.2 Å². The van der Waals surface area contributed by atoms with E-state index in [1.54, 1.807) is 48.5 Å². The van der Waals surface area contributed by atoms with Crippen LogP contribution in [0.5, 0.6) is 5.75 Å². The number of carbonyl (C=O) groups excluding carboxylic acids is 1. The van der Waals surface area contributed by atoms with E-state index in [-0.39, 0.29) is 23.4 Å². The van der Waals surface area contributed by atoms with Crippen LogP contribution in [0.1, 0.15) is 31.2 Å². The molecule has 2 aromatic carbocycles. The number of sulfonamides is 1. The lowest BCUT2D eigenvalue weighted by molar-refractivity contribution is -0.120. The zero-order valence-electron chi connectivity index (χ0n) is 17.4. The standard InChI is InChI=1S/C23H28N2O4S/c1-16-7-11-19(12-8-16)30(27,28)25(21-5-3-4-6-22(21)29-2)15-23(26)24-20-14-17-9-10-18(20)13-17/h3-8,11-12,17-18,20H,9-10,13-15H2,1-2H3,(H,24,26)/t17-,18+,20-/m0/s1. The first-order chi connectivity index (χ1) is 14.4. The highest BCUT2D eigenvalue weighted by molar-refractivity contribution is 7.92. The summed E-state index contributed by atoms with van der Waals surface area (Å²) in [6.07, 6.45) is 4.55. The first-order valence-electron chi connectivity index (χ1n) is 10.4. The van der Waals surface area contributed by atoms with Gasteiger partial charge < -0.3 is 10.1 Å². The second kappa shape index (κ2) is 8.30. The molecule has 6 nitrogen and oxygen atoms in total. The molecule has 7 heteroatoms. The highest BCUT2D eigenvalue weighted by atomic mass is 32.2. The van der Waals surface area contributed by atoms with Gasteiger partial charge in [-0.2, -0.15) is 0 Å². The zero-order valence-corrected chi connectivity index (χ0v) is 18.2. The molecule has 1 N–H and O–H groups in total. The number of amides is 1. The molecule has 4 rings (SSSR count). The van der Waals surface area contributed by atoms with E-state index in [0.29, 0.717) is 23.3 Å². The number of hydrogen-bond donors (Lipinski definition) is 1. The van der Waals surface area contributed by atoms with Crippen molar-refractivity contribution in [3.05, 3.63) is 54.1 Å². The summed E-state index contributed by atoms with van der Waals surface area (Å²) < 4.78 is 33.6. The molecule has 0 saturated heterocycles. The molecule has 2 saturated carbocycles. The molecule has 2 aliphatic carbocycles. The van der Waals surface area contributed by atoms with Crippen LogP contribution >= 0.6 is 0 Å². The van der Waals surface area contributed by atoms with Gasteiger partial charge in [0.2, 0.25) is 5.91 Å². The molecule has 2 fully saturated rings. The smallest absolute Gasteiger partial charge is 0.264 e. The van der Waals surface area contributed by atoms with E-state index < -0.39 is 10.0 Å². The molecule has 2 bridgehead atoms. The van der Waals surface area contributed by atoms with Crippen molar-refractivity contribution in [1.29, 1.82) is 0 Å². The number of rotatable bonds is 7. The third-order valence-electron chi connectivity index (χ3n) is 6.33. The fourth-order valence-corrected chi connectivity index (χ4v) is 6.21. The maximum absolute atomic E-state index is 13.5. The Morgan fingerprint density at radius 1 is 1.10 bits per heavy atom. The van der Waals surface area contributed by atoms with Crippen LogP contribution in [0.2, 0.25) is 0 Å². The highest BCUT2D eigenvalue weighted by Gasteiger charge is 2.40. The van der Waals surface area contributed by atoms with E-state index in [1.165, 1.54) is 20.0 Å². The Kier molecular flexibility index (Phi) is 5.73. The van der Waals surface area contributed by atoms with Crippen molar-refractivity contribution in [2.75, 3.05) is 18.0 Å². The van der Waals surface area contributed by atoms with Crippen molar-refractivity contribution >= 4 is 21.6 Å². The number of ether oxygens (including phenoxy) is 1. The predicted octanol–water partition coefficient (Wildman–Crippen LogP) is 3.50. The van der Waals surface area contributed by atoms with Gasteiger partial charge in [-0.05, 0) is 62.3 Å². The van der Waals surface area contributed by atoms with Crippen molar-refractivity contribution in [3.8, 4) is 5.75 Å². The number of aryl methyl sites for hydroxylation is 1. The molecule has 2 aliphatic rings. The zero-order chi connectivity index (χ0) is 21.3. The van der Waals surface area contributed by atoms with Gasteiger partial charge >= 0.3 is 0 Å². The minimum absolute atomic E-state index is 0.145. The number of anilines is 1. The SMILES string of the molecule is COc1ccccc1N(CC(=O)N[C@H]1C[C@H]2CC[C@@H]1C2)S(=O)(=O)c1ccc(C)cc1. The summed E-state index contributed by atoms with van der Waals surface area (Å²) in [5.41, 5.74) is 1.32. The number of carbonyl (C=O) groups is 1. The third kappa shape index (κ3) is 4.03. The fourth-order valence-electron chi connectivity index (χ4n) is 4.78. The van der Waals surface area contributed by atoms with Crippen LogP contribution in [0.25, 0.3) is 0 Å². The second-order valence-electron chi connectivity index (χ2n) is 8.35. The molecule has 0 aromatic heterocycles. The van der Waals surface area contributed by atoms with Gasteiger partial charge in [-0.3, -0.25) is 9.10 Å². The van der Waals surface area contributed by atoms with Gasteiger partial charge in [0.05, 0.1) is 17.7 Å². The van der Waals surface area contributed by atoms with Crippen LogP contribution in [-0.2, 0) is 14.8 Å². The van der Waals surface area contributed by atoms with Gasteiger partial charge in [0.1, 0.15) is 12.3 Å². The maximum atomic E-state index is 13.5. The van der Waals surface area contributed by atoms with Crippen LogP contribution in [0.4, 0.5) is 5.69 Å². The fraction of sp³-hybridized carbons (Fsp3) is 0.435. The second-order valence-corrected chi connectivity index (χ2v) is 10.2. The number of nitrogens with one attached hydrogen (secondary N) is 1. The molecule has 30 heavy (non-hydrogen) atoms. The van der Waals surface area contributed by atoms with Crippen LogP contribution in [0.3, 0.4) is 0 Å². The molecule has 2 aromatic rings. The molecule has 0 radical (unpaired) electrons. The number of para-hydroxylation sites is 2. The average Bonchev–Trinajstić information content (AvgIpc) is 3.35. The summed E-state index contributed by atoms with van der Waals surface area (Å²) in [6, 6.07) is 13.7.